The van der Waals surface area contributed by atoms with Crippen LogP contribution in [0, 0.1) is 0 Å². The van der Waals surface area contributed by atoms with Gasteiger partial charge in [0.1, 0.15) is 5.69 Å². The molecule has 9 nitrogen and oxygen atoms in total. The molecule has 0 aliphatic rings. The molecule has 0 aliphatic heterocycles. The first-order valence-electron chi connectivity index (χ1n) is 7.76. The van der Waals surface area contributed by atoms with E-state index in [1.807, 2.05) is 0 Å². The SMILES string of the molecule is CC(C)S(=O)(=O)c1cccc(C(=O)Nc2nnc(-c3ccnn3C)o2)c1. The zero-order valence-electron chi connectivity index (χ0n) is 14.4. The summed E-state index contributed by atoms with van der Waals surface area (Å²) in [7, 11) is -1.76. The Balaban J connectivity index is 1.81. The third-order valence-electron chi connectivity index (χ3n) is 3.73. The summed E-state index contributed by atoms with van der Waals surface area (Å²) in [4.78, 5) is 12.5. The van der Waals surface area contributed by atoms with Crippen LogP contribution < -0.4 is 5.32 Å². The van der Waals surface area contributed by atoms with Gasteiger partial charge in [-0.3, -0.25) is 14.8 Å². The third-order valence-corrected chi connectivity index (χ3v) is 5.88. The number of carbonyl (C=O) groups is 1. The normalized spacial score (nSPS) is 11.7. The predicted octanol–water partition coefficient (Wildman–Crippen LogP) is 1.90. The first kappa shape index (κ1) is 17.8. The monoisotopic (exact) mass is 375 g/mol. The second-order valence-corrected chi connectivity index (χ2v) is 8.33. The summed E-state index contributed by atoms with van der Waals surface area (Å²) in [5.41, 5.74) is 0.773. The lowest BCUT2D eigenvalue weighted by molar-refractivity contribution is 0.102. The van der Waals surface area contributed by atoms with E-state index in [4.69, 9.17) is 4.42 Å². The lowest BCUT2D eigenvalue weighted by Crippen LogP contribution is -2.16. The van der Waals surface area contributed by atoms with Crippen molar-refractivity contribution in [3.63, 3.8) is 0 Å². The van der Waals surface area contributed by atoms with Crippen LogP contribution in [0.5, 0.6) is 0 Å². The van der Waals surface area contributed by atoms with Crippen molar-refractivity contribution in [1.29, 1.82) is 0 Å². The maximum atomic E-state index is 12.4. The minimum Gasteiger partial charge on any atom is -0.401 e. The number of carbonyl (C=O) groups excluding carboxylic acids is 1. The maximum Gasteiger partial charge on any atom is 0.322 e. The van der Waals surface area contributed by atoms with E-state index in [0.717, 1.165) is 0 Å². The van der Waals surface area contributed by atoms with Crippen molar-refractivity contribution >= 4 is 21.8 Å². The van der Waals surface area contributed by atoms with Crippen LogP contribution in [-0.2, 0) is 16.9 Å². The van der Waals surface area contributed by atoms with Crippen LogP contribution in [0.1, 0.15) is 24.2 Å². The number of anilines is 1. The van der Waals surface area contributed by atoms with E-state index < -0.39 is 21.0 Å². The topological polar surface area (TPSA) is 120 Å². The summed E-state index contributed by atoms with van der Waals surface area (Å²) in [6.07, 6.45) is 1.58. The van der Waals surface area contributed by atoms with Crippen LogP contribution in [0.15, 0.2) is 45.8 Å². The highest BCUT2D eigenvalue weighted by molar-refractivity contribution is 7.92. The molecule has 0 unspecified atom stereocenters. The number of aromatic nitrogens is 4. The fourth-order valence-electron chi connectivity index (χ4n) is 2.22. The molecule has 2 aromatic heterocycles. The second-order valence-electron chi connectivity index (χ2n) is 5.83. The van der Waals surface area contributed by atoms with Gasteiger partial charge in [-0.15, -0.1) is 5.10 Å². The molecule has 0 fully saturated rings. The summed E-state index contributed by atoms with van der Waals surface area (Å²) in [6, 6.07) is 7.40. The van der Waals surface area contributed by atoms with Crippen molar-refractivity contribution in [1.82, 2.24) is 20.0 Å². The van der Waals surface area contributed by atoms with Crippen molar-refractivity contribution in [3.05, 3.63) is 42.1 Å². The molecule has 0 spiro atoms. The Morgan fingerprint density at radius 2 is 2.00 bits per heavy atom. The molecule has 136 valence electrons. The first-order chi connectivity index (χ1) is 12.3. The fraction of sp³-hybridized carbons (Fsp3) is 0.250. The number of amides is 1. The van der Waals surface area contributed by atoms with Crippen molar-refractivity contribution in [2.24, 2.45) is 7.05 Å². The van der Waals surface area contributed by atoms with Gasteiger partial charge in [-0.2, -0.15) is 5.10 Å². The van der Waals surface area contributed by atoms with Crippen LogP contribution in [0.3, 0.4) is 0 Å². The Bertz CT molecular complexity index is 1050. The molecule has 1 aromatic carbocycles. The Hall–Kier alpha value is -3.01. The molecule has 3 rings (SSSR count). The molecular formula is C16H17N5O4S. The van der Waals surface area contributed by atoms with Gasteiger partial charge < -0.3 is 4.42 Å². The largest absolute Gasteiger partial charge is 0.401 e. The minimum absolute atomic E-state index is 0.0845. The summed E-state index contributed by atoms with van der Waals surface area (Å²) < 4.78 is 31.5. The number of aryl methyl sites for hydroxylation is 1. The number of nitrogens with one attached hydrogen (secondary N) is 1. The van der Waals surface area contributed by atoms with Crippen LogP contribution >= 0.6 is 0 Å². The Labute approximate surface area is 150 Å². The highest BCUT2D eigenvalue weighted by atomic mass is 32.2. The van der Waals surface area contributed by atoms with Gasteiger partial charge in [0.05, 0.1) is 10.1 Å². The Morgan fingerprint density at radius 3 is 2.65 bits per heavy atom. The minimum atomic E-state index is -3.48. The second kappa shape index (κ2) is 6.71. The molecule has 26 heavy (non-hydrogen) atoms. The van der Waals surface area contributed by atoms with Crippen LogP contribution in [0.4, 0.5) is 6.01 Å². The fourth-order valence-corrected chi connectivity index (χ4v) is 3.32. The molecule has 0 saturated carbocycles. The number of rotatable bonds is 5. The number of hydrogen-bond acceptors (Lipinski definition) is 7. The first-order valence-corrected chi connectivity index (χ1v) is 9.31. The molecule has 1 amide bonds. The van der Waals surface area contributed by atoms with E-state index in [1.54, 1.807) is 37.8 Å². The average molecular weight is 375 g/mol. The molecule has 0 saturated heterocycles. The molecule has 0 bridgehead atoms. The zero-order chi connectivity index (χ0) is 18.9. The van der Waals surface area contributed by atoms with Gasteiger partial charge in [0, 0.05) is 18.8 Å². The lowest BCUT2D eigenvalue weighted by atomic mass is 10.2. The zero-order valence-corrected chi connectivity index (χ0v) is 15.2. The van der Waals surface area contributed by atoms with E-state index >= 15 is 0 Å². The van der Waals surface area contributed by atoms with Gasteiger partial charge in [0.2, 0.25) is 0 Å². The van der Waals surface area contributed by atoms with Gasteiger partial charge in [0.15, 0.2) is 9.84 Å². The summed E-state index contributed by atoms with van der Waals surface area (Å²) in [5, 5.41) is 13.5. The van der Waals surface area contributed by atoms with E-state index in [2.05, 4.69) is 20.6 Å². The van der Waals surface area contributed by atoms with Crippen LogP contribution in [-0.4, -0.2) is 39.6 Å². The molecular weight excluding hydrogens is 358 g/mol. The summed E-state index contributed by atoms with van der Waals surface area (Å²) in [6.45, 7) is 3.17. The Morgan fingerprint density at radius 1 is 1.23 bits per heavy atom. The third kappa shape index (κ3) is 3.36. The van der Waals surface area contributed by atoms with Crippen molar-refractivity contribution in [2.75, 3.05) is 5.32 Å². The Kier molecular flexibility index (Phi) is 4.60. The molecule has 0 atom stereocenters. The average Bonchev–Trinajstić information content (AvgIpc) is 3.23. The van der Waals surface area contributed by atoms with E-state index in [9.17, 15) is 13.2 Å². The van der Waals surface area contributed by atoms with Gasteiger partial charge in [0.25, 0.3) is 11.8 Å². The van der Waals surface area contributed by atoms with E-state index in [1.165, 1.54) is 24.3 Å². The van der Waals surface area contributed by atoms with E-state index in [0.29, 0.717) is 5.69 Å². The molecule has 0 radical (unpaired) electrons. The van der Waals surface area contributed by atoms with Crippen molar-refractivity contribution < 1.29 is 17.6 Å². The van der Waals surface area contributed by atoms with Crippen molar-refractivity contribution in [3.8, 4) is 11.6 Å². The van der Waals surface area contributed by atoms with Crippen LogP contribution in [0.2, 0.25) is 0 Å². The number of hydrogen-bond donors (Lipinski definition) is 1. The molecule has 2 heterocycles. The molecule has 0 aliphatic carbocycles. The van der Waals surface area contributed by atoms with Gasteiger partial charge in [-0.1, -0.05) is 11.2 Å². The molecule has 3 aromatic rings. The summed E-state index contributed by atoms with van der Waals surface area (Å²) in [5.74, 6) is -0.345. The van der Waals surface area contributed by atoms with E-state index in [-0.39, 0.29) is 22.4 Å². The maximum absolute atomic E-state index is 12.4. The quantitative estimate of drug-likeness (QED) is 0.723. The highest BCUT2D eigenvalue weighted by Gasteiger charge is 2.21. The van der Waals surface area contributed by atoms with Crippen LogP contribution in [0.25, 0.3) is 11.6 Å². The van der Waals surface area contributed by atoms with Crippen molar-refractivity contribution in [2.45, 2.75) is 24.0 Å². The predicted molar refractivity (Wildman–Crippen MR) is 93.2 cm³/mol. The smallest absolute Gasteiger partial charge is 0.322 e. The van der Waals surface area contributed by atoms with Gasteiger partial charge in [-0.05, 0) is 38.1 Å². The van der Waals surface area contributed by atoms with Gasteiger partial charge in [-0.25, -0.2) is 8.42 Å². The lowest BCUT2D eigenvalue weighted by Gasteiger charge is -2.09. The highest BCUT2D eigenvalue weighted by Crippen LogP contribution is 2.20. The standard InChI is InChI=1S/C16H17N5O4S/c1-10(2)26(23,24)12-6-4-5-11(9-12)14(22)18-16-20-19-15(25-16)13-7-8-17-21(13)3/h4-10H,1-3H3,(H,18,20,22). The number of benzene rings is 1. The molecule has 1 N–H and O–H groups in total. The summed E-state index contributed by atoms with van der Waals surface area (Å²) >= 11 is 0. The molecule has 10 heteroatoms. The number of sulfone groups is 1. The number of nitrogens with zero attached hydrogens (tertiary/aromatic N) is 4. The van der Waals surface area contributed by atoms with Gasteiger partial charge >= 0.3 is 6.01 Å².